The van der Waals surface area contributed by atoms with E-state index in [0.29, 0.717) is 18.1 Å². The summed E-state index contributed by atoms with van der Waals surface area (Å²) < 4.78 is 5.88. The second kappa shape index (κ2) is 9.16. The highest BCUT2D eigenvalue weighted by atomic mass is 16.5. The molecule has 1 saturated heterocycles. The van der Waals surface area contributed by atoms with Crippen molar-refractivity contribution in [3.05, 3.63) is 30.1 Å². The fraction of sp³-hybridized carbons (Fsp3) is 0.722. The summed E-state index contributed by atoms with van der Waals surface area (Å²) in [5.74, 6) is 0.517. The van der Waals surface area contributed by atoms with Crippen LogP contribution in [0, 0.1) is 0 Å². The molecule has 1 aromatic heterocycles. The molecule has 3 heteroatoms. The Kier molecular flexibility index (Phi) is 7.17. The summed E-state index contributed by atoms with van der Waals surface area (Å²) in [6.45, 7) is 6.60. The molecule has 0 spiro atoms. The molecule has 1 aliphatic rings. The fourth-order valence-electron chi connectivity index (χ4n) is 3.16. The largest absolute Gasteiger partial charge is 0.378 e. The Morgan fingerprint density at radius 2 is 2.14 bits per heavy atom. The quantitative estimate of drug-likeness (QED) is 0.788. The lowest BCUT2D eigenvalue weighted by atomic mass is 9.89. The number of ether oxygens (including phenoxy) is 1. The Morgan fingerprint density at radius 3 is 2.81 bits per heavy atom. The first-order valence-electron chi connectivity index (χ1n) is 8.56. The van der Waals surface area contributed by atoms with E-state index >= 15 is 0 Å². The van der Waals surface area contributed by atoms with Gasteiger partial charge in [-0.2, -0.15) is 0 Å². The molecule has 0 aromatic carbocycles. The average molecular weight is 290 g/mol. The average Bonchev–Trinajstić information content (AvgIpc) is 2.56. The highest BCUT2D eigenvalue weighted by molar-refractivity contribution is 5.17. The normalized spacial score (nSPS) is 21.9. The number of nitrogens with one attached hydrogen (secondary N) is 1. The molecule has 0 aliphatic carbocycles. The van der Waals surface area contributed by atoms with Crippen molar-refractivity contribution in [3.8, 4) is 0 Å². The number of hydrogen-bond donors (Lipinski definition) is 1. The molecule has 1 fully saturated rings. The van der Waals surface area contributed by atoms with Gasteiger partial charge in [-0.1, -0.05) is 13.8 Å². The number of pyridine rings is 1. The summed E-state index contributed by atoms with van der Waals surface area (Å²) in [4.78, 5) is 4.13. The molecule has 3 unspecified atom stereocenters. The zero-order valence-corrected chi connectivity index (χ0v) is 13.6. The van der Waals surface area contributed by atoms with E-state index in [1.807, 2.05) is 12.4 Å². The topological polar surface area (TPSA) is 34.1 Å². The Bertz CT molecular complexity index is 376. The van der Waals surface area contributed by atoms with Gasteiger partial charge in [-0.05, 0) is 68.7 Å². The third kappa shape index (κ3) is 5.40. The third-order valence-corrected chi connectivity index (χ3v) is 4.57. The molecule has 2 heterocycles. The van der Waals surface area contributed by atoms with Crippen LogP contribution in [0.15, 0.2) is 24.5 Å². The maximum Gasteiger partial charge on any atom is 0.0575 e. The van der Waals surface area contributed by atoms with Crippen LogP contribution in [0.4, 0.5) is 0 Å². The first kappa shape index (κ1) is 16.4. The molecule has 0 amide bonds. The van der Waals surface area contributed by atoms with Crippen molar-refractivity contribution in [2.24, 2.45) is 0 Å². The van der Waals surface area contributed by atoms with Gasteiger partial charge in [0.15, 0.2) is 0 Å². The van der Waals surface area contributed by atoms with Gasteiger partial charge in [-0.15, -0.1) is 0 Å². The minimum absolute atomic E-state index is 0.481. The highest BCUT2D eigenvalue weighted by Gasteiger charge is 2.21. The SMILES string of the molecule is CCCNC(CCC1CCCCO1)C(C)c1ccncc1. The molecule has 21 heavy (non-hydrogen) atoms. The monoisotopic (exact) mass is 290 g/mol. The number of hydrogen-bond acceptors (Lipinski definition) is 3. The van der Waals surface area contributed by atoms with Crippen molar-refractivity contribution >= 4 is 0 Å². The first-order chi connectivity index (χ1) is 10.3. The van der Waals surface area contributed by atoms with Crippen molar-refractivity contribution < 1.29 is 4.74 Å². The van der Waals surface area contributed by atoms with Gasteiger partial charge in [0.1, 0.15) is 0 Å². The van der Waals surface area contributed by atoms with Crippen LogP contribution >= 0.6 is 0 Å². The lowest BCUT2D eigenvalue weighted by Gasteiger charge is -2.29. The number of nitrogens with zero attached hydrogens (tertiary/aromatic N) is 1. The van der Waals surface area contributed by atoms with Gasteiger partial charge in [0.25, 0.3) is 0 Å². The van der Waals surface area contributed by atoms with E-state index in [4.69, 9.17) is 4.74 Å². The van der Waals surface area contributed by atoms with E-state index in [1.165, 1.54) is 44.1 Å². The molecular formula is C18H30N2O. The van der Waals surface area contributed by atoms with E-state index in [-0.39, 0.29) is 0 Å². The van der Waals surface area contributed by atoms with E-state index in [1.54, 1.807) is 0 Å². The second-order valence-electron chi connectivity index (χ2n) is 6.20. The maximum absolute atomic E-state index is 5.88. The fourth-order valence-corrected chi connectivity index (χ4v) is 3.16. The lowest BCUT2D eigenvalue weighted by molar-refractivity contribution is 0.00821. The van der Waals surface area contributed by atoms with Crippen LogP contribution < -0.4 is 5.32 Å². The van der Waals surface area contributed by atoms with Crippen LogP contribution in [0.2, 0.25) is 0 Å². The Balaban J connectivity index is 1.89. The van der Waals surface area contributed by atoms with Crippen LogP contribution in [0.5, 0.6) is 0 Å². The Labute approximate surface area is 129 Å². The van der Waals surface area contributed by atoms with Gasteiger partial charge in [0.05, 0.1) is 6.10 Å². The molecule has 0 bridgehead atoms. The molecule has 2 rings (SSSR count). The van der Waals surface area contributed by atoms with Crippen molar-refractivity contribution in [3.63, 3.8) is 0 Å². The predicted molar refractivity (Wildman–Crippen MR) is 87.6 cm³/mol. The minimum atomic E-state index is 0.481. The zero-order valence-electron chi connectivity index (χ0n) is 13.6. The summed E-state index contributed by atoms with van der Waals surface area (Å²) in [5.41, 5.74) is 1.38. The van der Waals surface area contributed by atoms with E-state index in [0.717, 1.165) is 13.2 Å². The minimum Gasteiger partial charge on any atom is -0.378 e. The maximum atomic E-state index is 5.88. The van der Waals surface area contributed by atoms with Gasteiger partial charge in [-0.25, -0.2) is 0 Å². The Hall–Kier alpha value is -0.930. The molecule has 1 N–H and O–H groups in total. The smallest absolute Gasteiger partial charge is 0.0575 e. The van der Waals surface area contributed by atoms with Gasteiger partial charge in [-0.3, -0.25) is 4.98 Å². The number of rotatable bonds is 8. The molecule has 3 atom stereocenters. The van der Waals surface area contributed by atoms with Crippen molar-refractivity contribution in [2.45, 2.75) is 70.4 Å². The summed E-state index contributed by atoms with van der Waals surface area (Å²) in [6.07, 6.45) is 11.6. The highest BCUT2D eigenvalue weighted by Crippen LogP contribution is 2.24. The van der Waals surface area contributed by atoms with Gasteiger partial charge in [0, 0.05) is 25.0 Å². The van der Waals surface area contributed by atoms with E-state index in [9.17, 15) is 0 Å². The van der Waals surface area contributed by atoms with Crippen LogP contribution in [0.25, 0.3) is 0 Å². The van der Waals surface area contributed by atoms with Gasteiger partial charge >= 0.3 is 0 Å². The summed E-state index contributed by atoms with van der Waals surface area (Å²) in [5, 5.41) is 3.73. The van der Waals surface area contributed by atoms with E-state index < -0.39 is 0 Å². The predicted octanol–water partition coefficient (Wildman–Crippen LogP) is 3.90. The second-order valence-corrected chi connectivity index (χ2v) is 6.20. The van der Waals surface area contributed by atoms with Crippen molar-refractivity contribution in [1.29, 1.82) is 0 Å². The van der Waals surface area contributed by atoms with Crippen LogP contribution in [0.1, 0.15) is 63.9 Å². The van der Waals surface area contributed by atoms with Gasteiger partial charge < -0.3 is 10.1 Å². The summed E-state index contributed by atoms with van der Waals surface area (Å²) in [7, 11) is 0. The molecule has 3 nitrogen and oxygen atoms in total. The molecule has 1 aromatic rings. The van der Waals surface area contributed by atoms with Crippen LogP contribution in [-0.2, 0) is 4.74 Å². The molecule has 1 aliphatic heterocycles. The summed E-state index contributed by atoms with van der Waals surface area (Å²) >= 11 is 0. The molecular weight excluding hydrogens is 260 g/mol. The van der Waals surface area contributed by atoms with Crippen LogP contribution in [0.3, 0.4) is 0 Å². The van der Waals surface area contributed by atoms with E-state index in [2.05, 4.69) is 36.3 Å². The lowest BCUT2D eigenvalue weighted by Crippen LogP contribution is -2.35. The molecule has 118 valence electrons. The standard InChI is InChI=1S/C18H30N2O/c1-3-11-20-18(8-7-17-6-4-5-14-21-17)15(2)16-9-12-19-13-10-16/h9-10,12-13,15,17-18,20H,3-8,11,14H2,1-2H3. The number of aromatic nitrogens is 1. The third-order valence-electron chi connectivity index (χ3n) is 4.57. The zero-order chi connectivity index (χ0) is 14.9. The molecule has 0 saturated carbocycles. The first-order valence-corrected chi connectivity index (χ1v) is 8.56. The Morgan fingerprint density at radius 1 is 1.33 bits per heavy atom. The summed E-state index contributed by atoms with van der Waals surface area (Å²) in [6, 6.07) is 4.81. The van der Waals surface area contributed by atoms with Crippen molar-refractivity contribution in [1.82, 2.24) is 10.3 Å². The molecule has 0 radical (unpaired) electrons. The van der Waals surface area contributed by atoms with Crippen molar-refractivity contribution in [2.75, 3.05) is 13.2 Å². The van der Waals surface area contributed by atoms with Crippen LogP contribution in [-0.4, -0.2) is 30.3 Å². The van der Waals surface area contributed by atoms with Gasteiger partial charge in [0.2, 0.25) is 0 Å².